The highest BCUT2D eigenvalue weighted by Gasteiger charge is 2.32. The normalized spacial score (nSPS) is 18.0. The van der Waals surface area contributed by atoms with Gasteiger partial charge in [-0.25, -0.2) is 9.07 Å². The van der Waals surface area contributed by atoms with E-state index in [0.29, 0.717) is 49.1 Å². The van der Waals surface area contributed by atoms with Gasteiger partial charge in [-0.05, 0) is 35.4 Å². The van der Waals surface area contributed by atoms with Gasteiger partial charge in [-0.1, -0.05) is 41.1 Å². The summed E-state index contributed by atoms with van der Waals surface area (Å²) < 4.78 is 20.8. The number of nitrogens with zero attached hydrogens (tertiary/aromatic N) is 5. The van der Waals surface area contributed by atoms with E-state index in [0.717, 1.165) is 11.1 Å². The largest absolute Gasteiger partial charge is 0.365 e. The number of carbonyl (C=O) groups is 2. The molecule has 1 fully saturated rings. The Kier molecular flexibility index (Phi) is 6.30. The number of rotatable bonds is 4. The second-order valence-corrected chi connectivity index (χ2v) is 8.83. The first-order valence-corrected chi connectivity index (χ1v) is 11.5. The predicted molar refractivity (Wildman–Crippen MR) is 122 cm³/mol. The van der Waals surface area contributed by atoms with Crippen molar-refractivity contribution in [3.8, 4) is 0 Å². The zero-order chi connectivity index (χ0) is 23.7. The first kappa shape index (κ1) is 22.5. The van der Waals surface area contributed by atoms with Gasteiger partial charge in [0.1, 0.15) is 11.9 Å². The van der Waals surface area contributed by atoms with E-state index in [4.69, 9.17) is 16.3 Å². The van der Waals surface area contributed by atoms with Crippen LogP contribution in [-0.4, -0.2) is 62.8 Å². The highest BCUT2D eigenvalue weighted by Crippen LogP contribution is 2.28. The Balaban J connectivity index is 1.18. The number of carbonyl (C=O) groups excluding carboxylic acids is 2. The number of hydrogen-bond acceptors (Lipinski definition) is 5. The molecule has 1 atom stereocenters. The van der Waals surface area contributed by atoms with Gasteiger partial charge >= 0.3 is 0 Å². The van der Waals surface area contributed by atoms with Crippen molar-refractivity contribution in [3.05, 3.63) is 81.9 Å². The quantitative estimate of drug-likeness (QED) is 0.570. The Morgan fingerprint density at radius 2 is 1.68 bits per heavy atom. The van der Waals surface area contributed by atoms with Crippen molar-refractivity contribution in [2.75, 3.05) is 26.2 Å². The molecule has 0 saturated carbocycles. The summed E-state index contributed by atoms with van der Waals surface area (Å²) in [5.74, 6) is -0.577. The summed E-state index contributed by atoms with van der Waals surface area (Å²) in [7, 11) is 0. The standard InChI is InChI=1S/C24H23ClFN5O3/c25-18-5-3-17(4-6-18)21-14-31-20(15-34-21)23(27-28-31)24(33)30-11-9-29(10-12-30)22(32)13-16-1-7-19(26)8-2-16/h1-8,21H,9-15H2. The van der Waals surface area contributed by atoms with E-state index in [1.165, 1.54) is 12.1 Å². The van der Waals surface area contributed by atoms with Crippen LogP contribution in [-0.2, 0) is 29.1 Å². The third kappa shape index (κ3) is 4.67. The number of amides is 2. The topological polar surface area (TPSA) is 80.6 Å². The van der Waals surface area contributed by atoms with Crippen LogP contribution in [0.4, 0.5) is 4.39 Å². The van der Waals surface area contributed by atoms with Crippen LogP contribution in [0.1, 0.15) is 33.4 Å². The molecule has 2 aliphatic rings. The Hall–Kier alpha value is -3.30. The van der Waals surface area contributed by atoms with Gasteiger partial charge in [-0.3, -0.25) is 9.59 Å². The van der Waals surface area contributed by atoms with E-state index in [9.17, 15) is 14.0 Å². The zero-order valence-electron chi connectivity index (χ0n) is 18.4. The molecule has 1 aromatic heterocycles. The molecule has 0 bridgehead atoms. The third-order valence-corrected chi connectivity index (χ3v) is 6.48. The van der Waals surface area contributed by atoms with E-state index in [1.807, 2.05) is 24.3 Å². The van der Waals surface area contributed by atoms with Crippen LogP contribution in [0.3, 0.4) is 0 Å². The summed E-state index contributed by atoms with van der Waals surface area (Å²) in [4.78, 5) is 29.1. The molecule has 176 valence electrons. The average molecular weight is 484 g/mol. The lowest BCUT2D eigenvalue weighted by Gasteiger charge is -2.34. The first-order valence-electron chi connectivity index (χ1n) is 11.1. The zero-order valence-corrected chi connectivity index (χ0v) is 19.1. The van der Waals surface area contributed by atoms with E-state index in [2.05, 4.69) is 10.3 Å². The molecule has 0 aliphatic carbocycles. The maximum atomic E-state index is 13.1. The summed E-state index contributed by atoms with van der Waals surface area (Å²) in [5.41, 5.74) is 2.70. The summed E-state index contributed by atoms with van der Waals surface area (Å²) >= 11 is 5.97. The minimum Gasteiger partial charge on any atom is -0.365 e. The summed E-state index contributed by atoms with van der Waals surface area (Å²) in [6.45, 7) is 2.39. The second-order valence-electron chi connectivity index (χ2n) is 8.39. The van der Waals surface area contributed by atoms with Gasteiger partial charge in [-0.2, -0.15) is 0 Å². The number of halogens is 2. The molecular formula is C24H23ClFN5O3. The maximum absolute atomic E-state index is 13.1. The van der Waals surface area contributed by atoms with Gasteiger partial charge in [0.15, 0.2) is 5.69 Å². The van der Waals surface area contributed by atoms with Gasteiger partial charge in [-0.15, -0.1) is 5.10 Å². The maximum Gasteiger partial charge on any atom is 0.276 e. The minimum absolute atomic E-state index is 0.0404. The van der Waals surface area contributed by atoms with Crippen molar-refractivity contribution in [3.63, 3.8) is 0 Å². The summed E-state index contributed by atoms with van der Waals surface area (Å²) in [6, 6.07) is 13.4. The molecule has 3 heterocycles. The van der Waals surface area contributed by atoms with Crippen LogP contribution < -0.4 is 0 Å². The Labute approximate surface area is 200 Å². The number of piperazine rings is 1. The molecule has 5 rings (SSSR count). The average Bonchev–Trinajstić information content (AvgIpc) is 3.29. The van der Waals surface area contributed by atoms with Gasteiger partial charge < -0.3 is 14.5 Å². The fraction of sp³-hybridized carbons (Fsp3) is 0.333. The molecule has 2 amide bonds. The predicted octanol–water partition coefficient (Wildman–Crippen LogP) is 2.87. The molecule has 0 spiro atoms. The fourth-order valence-corrected chi connectivity index (χ4v) is 4.38. The molecule has 34 heavy (non-hydrogen) atoms. The van der Waals surface area contributed by atoms with E-state index in [1.54, 1.807) is 26.6 Å². The third-order valence-electron chi connectivity index (χ3n) is 6.23. The van der Waals surface area contributed by atoms with E-state index in [-0.39, 0.29) is 36.8 Å². The lowest BCUT2D eigenvalue weighted by atomic mass is 10.1. The lowest BCUT2D eigenvalue weighted by Crippen LogP contribution is -2.51. The Morgan fingerprint density at radius 1 is 1.00 bits per heavy atom. The number of ether oxygens (including phenoxy) is 1. The molecule has 0 N–H and O–H groups in total. The van der Waals surface area contributed by atoms with Crippen molar-refractivity contribution in [2.24, 2.45) is 0 Å². The fourth-order valence-electron chi connectivity index (χ4n) is 4.25. The van der Waals surface area contributed by atoms with Gasteiger partial charge in [0.05, 0.1) is 25.3 Å². The molecule has 0 radical (unpaired) electrons. The number of benzene rings is 2. The van der Waals surface area contributed by atoms with Crippen molar-refractivity contribution in [1.82, 2.24) is 24.8 Å². The number of aromatic nitrogens is 3. The van der Waals surface area contributed by atoms with Crippen LogP contribution in [0, 0.1) is 5.82 Å². The molecular weight excluding hydrogens is 461 g/mol. The van der Waals surface area contributed by atoms with Crippen LogP contribution in [0.5, 0.6) is 0 Å². The second kappa shape index (κ2) is 9.52. The Bertz CT molecular complexity index is 1190. The van der Waals surface area contributed by atoms with Crippen molar-refractivity contribution >= 4 is 23.4 Å². The summed E-state index contributed by atoms with van der Waals surface area (Å²) in [6.07, 6.45) is 0.0174. The lowest BCUT2D eigenvalue weighted by molar-refractivity contribution is -0.131. The SMILES string of the molecule is O=C(Cc1ccc(F)cc1)N1CCN(C(=O)c2nnn3c2COC(c2ccc(Cl)cc2)C3)CC1. The van der Waals surface area contributed by atoms with E-state index >= 15 is 0 Å². The Morgan fingerprint density at radius 3 is 2.38 bits per heavy atom. The van der Waals surface area contributed by atoms with Crippen molar-refractivity contribution in [1.29, 1.82) is 0 Å². The van der Waals surface area contributed by atoms with Crippen LogP contribution in [0.25, 0.3) is 0 Å². The molecule has 2 aliphatic heterocycles. The highest BCUT2D eigenvalue weighted by molar-refractivity contribution is 6.30. The van der Waals surface area contributed by atoms with Gasteiger partial charge in [0.2, 0.25) is 5.91 Å². The molecule has 8 nitrogen and oxygen atoms in total. The first-order chi connectivity index (χ1) is 16.5. The number of hydrogen-bond donors (Lipinski definition) is 0. The molecule has 1 saturated heterocycles. The van der Waals surface area contributed by atoms with Crippen molar-refractivity contribution < 1.29 is 18.7 Å². The van der Waals surface area contributed by atoms with Gasteiger partial charge in [0, 0.05) is 31.2 Å². The van der Waals surface area contributed by atoms with Crippen LogP contribution in [0.2, 0.25) is 5.02 Å². The highest BCUT2D eigenvalue weighted by atomic mass is 35.5. The van der Waals surface area contributed by atoms with Crippen molar-refractivity contribution in [2.45, 2.75) is 25.7 Å². The molecule has 1 unspecified atom stereocenters. The monoisotopic (exact) mass is 483 g/mol. The van der Waals surface area contributed by atoms with Gasteiger partial charge in [0.25, 0.3) is 5.91 Å². The van der Waals surface area contributed by atoms with Crippen LogP contribution >= 0.6 is 11.6 Å². The molecule has 10 heteroatoms. The smallest absolute Gasteiger partial charge is 0.276 e. The van der Waals surface area contributed by atoms with E-state index < -0.39 is 0 Å². The number of fused-ring (bicyclic) bond motifs is 1. The van der Waals surface area contributed by atoms with Crippen LogP contribution in [0.15, 0.2) is 48.5 Å². The molecule has 2 aromatic carbocycles. The minimum atomic E-state index is -0.329. The molecule has 3 aromatic rings. The summed E-state index contributed by atoms with van der Waals surface area (Å²) in [5, 5.41) is 8.98.